The molecule has 4 aromatic rings. The summed E-state index contributed by atoms with van der Waals surface area (Å²) in [4.78, 5) is 15.7. The van der Waals surface area contributed by atoms with E-state index in [0.29, 0.717) is 13.0 Å². The van der Waals surface area contributed by atoms with Gasteiger partial charge < -0.3 is 19.5 Å². The van der Waals surface area contributed by atoms with Gasteiger partial charge in [-0.3, -0.25) is 9.69 Å². The van der Waals surface area contributed by atoms with Crippen molar-refractivity contribution in [3.63, 3.8) is 0 Å². The highest BCUT2D eigenvalue weighted by Gasteiger charge is 2.42. The van der Waals surface area contributed by atoms with Crippen LogP contribution >= 0.6 is 12.4 Å². The number of nitrogens with zero attached hydrogens (tertiary/aromatic N) is 1. The van der Waals surface area contributed by atoms with Gasteiger partial charge in [-0.25, -0.2) is 0 Å². The van der Waals surface area contributed by atoms with Gasteiger partial charge in [-0.15, -0.1) is 12.4 Å². The Morgan fingerprint density at radius 1 is 0.769 bits per heavy atom. The number of ether oxygens (including phenoxy) is 3. The average molecular weight is 725 g/mol. The standard InChI is InChI=1S/C45H56N2O4.ClH/c1-49-40-21-18-35(19-22-40)20-23-43(48)46-29-12-26-45(38-14-6-4-7-15-38,39-16-8-5-9-17-39)27-13-31-47-30-11-10-25-44(47)28-24-36-32-41(50-2)42(51-3)33-37(36)34-44;/h4-9,14-19,21-22,32-33H,10-13,20,23-31,34H2,1-3H3,(H,46,48);1H. The maximum atomic E-state index is 12.9. The minimum absolute atomic E-state index is 0. The second-order valence-electron chi connectivity index (χ2n) is 14.5. The summed E-state index contributed by atoms with van der Waals surface area (Å²) in [6.45, 7) is 2.92. The van der Waals surface area contributed by atoms with E-state index in [2.05, 4.69) is 83.0 Å². The second kappa shape index (κ2) is 18.7. The number of methoxy groups -OCH3 is 3. The van der Waals surface area contributed by atoms with Gasteiger partial charge in [0, 0.05) is 23.9 Å². The number of nitrogens with one attached hydrogen (secondary N) is 1. The number of hydrogen-bond donors (Lipinski definition) is 1. The Kier molecular flexibility index (Phi) is 14.1. The number of carbonyl (C=O) groups excluding carboxylic acids is 1. The third kappa shape index (κ3) is 9.13. The van der Waals surface area contributed by atoms with Gasteiger partial charge in [-0.1, -0.05) is 79.2 Å². The Morgan fingerprint density at radius 3 is 2.04 bits per heavy atom. The minimum atomic E-state index is -0.137. The first-order chi connectivity index (χ1) is 25.0. The molecule has 1 fully saturated rings. The van der Waals surface area contributed by atoms with Gasteiger partial charge in [-0.05, 0) is 129 Å². The third-order valence-electron chi connectivity index (χ3n) is 11.7. The van der Waals surface area contributed by atoms with E-state index in [-0.39, 0.29) is 29.3 Å². The molecule has 0 aromatic heterocycles. The van der Waals surface area contributed by atoms with Crippen molar-refractivity contribution in [1.29, 1.82) is 0 Å². The van der Waals surface area contributed by atoms with Crippen LogP contribution in [0.1, 0.15) is 85.6 Å². The molecular weight excluding hydrogens is 668 g/mol. The lowest BCUT2D eigenvalue weighted by molar-refractivity contribution is -0.121. The van der Waals surface area contributed by atoms with Crippen molar-refractivity contribution in [2.24, 2.45) is 0 Å². The number of amides is 1. The van der Waals surface area contributed by atoms with Crippen LogP contribution in [-0.4, -0.2) is 57.3 Å². The van der Waals surface area contributed by atoms with Gasteiger partial charge >= 0.3 is 0 Å². The summed E-state index contributed by atoms with van der Waals surface area (Å²) in [5.74, 6) is 2.61. The molecule has 1 atom stereocenters. The maximum absolute atomic E-state index is 12.9. The fourth-order valence-corrected chi connectivity index (χ4v) is 8.87. The monoisotopic (exact) mass is 724 g/mol. The van der Waals surface area contributed by atoms with Crippen molar-refractivity contribution < 1.29 is 19.0 Å². The van der Waals surface area contributed by atoms with E-state index in [1.807, 2.05) is 24.3 Å². The molecule has 6 rings (SSSR count). The quantitative estimate of drug-likeness (QED) is 0.117. The molecule has 1 heterocycles. The molecule has 52 heavy (non-hydrogen) atoms. The summed E-state index contributed by atoms with van der Waals surface area (Å²) >= 11 is 0. The van der Waals surface area contributed by atoms with Gasteiger partial charge in [0.15, 0.2) is 11.5 Å². The molecule has 1 aliphatic heterocycles. The van der Waals surface area contributed by atoms with Crippen LogP contribution in [-0.2, 0) is 29.5 Å². The average Bonchev–Trinajstić information content (AvgIpc) is 3.19. The van der Waals surface area contributed by atoms with Gasteiger partial charge in [0.25, 0.3) is 0 Å². The summed E-state index contributed by atoms with van der Waals surface area (Å²) in [6, 6.07) is 34.6. The van der Waals surface area contributed by atoms with Crippen molar-refractivity contribution >= 4 is 18.3 Å². The topological polar surface area (TPSA) is 60.0 Å². The smallest absolute Gasteiger partial charge is 0.220 e. The molecule has 1 spiro atoms. The van der Waals surface area contributed by atoms with Crippen LogP contribution in [0.15, 0.2) is 97.1 Å². The molecule has 1 amide bonds. The van der Waals surface area contributed by atoms with Crippen LogP contribution in [0.3, 0.4) is 0 Å². The number of aryl methyl sites for hydroxylation is 2. The summed E-state index contributed by atoms with van der Waals surface area (Å²) in [5.41, 5.74) is 6.76. The largest absolute Gasteiger partial charge is 0.497 e. The highest BCUT2D eigenvalue weighted by Crippen LogP contribution is 2.45. The molecule has 278 valence electrons. The zero-order chi connectivity index (χ0) is 35.5. The Morgan fingerprint density at radius 2 is 1.40 bits per heavy atom. The Bertz CT molecular complexity index is 1660. The molecule has 1 N–H and O–H groups in total. The van der Waals surface area contributed by atoms with E-state index >= 15 is 0 Å². The second-order valence-corrected chi connectivity index (χ2v) is 14.5. The molecule has 7 heteroatoms. The van der Waals surface area contributed by atoms with Crippen LogP contribution in [0.2, 0.25) is 0 Å². The number of carbonyl (C=O) groups is 1. The van der Waals surface area contributed by atoms with Crippen molar-refractivity contribution in [1.82, 2.24) is 10.2 Å². The molecule has 0 radical (unpaired) electrons. The highest BCUT2D eigenvalue weighted by atomic mass is 35.5. The summed E-state index contributed by atoms with van der Waals surface area (Å²) in [7, 11) is 5.13. The third-order valence-corrected chi connectivity index (χ3v) is 11.7. The Labute approximate surface area is 317 Å². The van der Waals surface area contributed by atoms with E-state index in [0.717, 1.165) is 80.8 Å². The van der Waals surface area contributed by atoms with E-state index in [4.69, 9.17) is 14.2 Å². The lowest BCUT2D eigenvalue weighted by atomic mass is 9.68. The molecule has 1 saturated heterocycles. The zero-order valence-corrected chi connectivity index (χ0v) is 32.1. The molecule has 0 bridgehead atoms. The molecule has 2 aliphatic rings. The van der Waals surface area contributed by atoms with Crippen molar-refractivity contribution in [2.75, 3.05) is 41.0 Å². The number of piperidine rings is 1. The van der Waals surface area contributed by atoms with Gasteiger partial charge in [0.2, 0.25) is 5.91 Å². The fraction of sp³-hybridized carbons (Fsp3) is 0.444. The van der Waals surface area contributed by atoms with E-state index < -0.39 is 0 Å². The summed E-state index contributed by atoms with van der Waals surface area (Å²) < 4.78 is 16.6. The molecule has 4 aromatic carbocycles. The predicted molar refractivity (Wildman–Crippen MR) is 213 cm³/mol. The van der Waals surface area contributed by atoms with E-state index in [1.54, 1.807) is 21.3 Å². The van der Waals surface area contributed by atoms with Crippen LogP contribution in [0, 0.1) is 0 Å². The van der Waals surface area contributed by atoms with Gasteiger partial charge in [0.1, 0.15) is 5.75 Å². The number of halogens is 1. The van der Waals surface area contributed by atoms with Crippen LogP contribution in [0.5, 0.6) is 17.2 Å². The fourth-order valence-electron chi connectivity index (χ4n) is 8.87. The van der Waals surface area contributed by atoms with Gasteiger partial charge in [0.05, 0.1) is 21.3 Å². The number of likely N-dealkylation sites (tertiary alicyclic amines) is 1. The predicted octanol–water partition coefficient (Wildman–Crippen LogP) is 9.14. The van der Waals surface area contributed by atoms with Crippen molar-refractivity contribution in [3.05, 3.63) is 125 Å². The lowest BCUT2D eigenvalue weighted by Crippen LogP contribution is -2.55. The van der Waals surface area contributed by atoms with E-state index in [1.165, 1.54) is 47.9 Å². The summed E-state index contributed by atoms with van der Waals surface area (Å²) in [6.07, 6.45) is 12.4. The Balaban J connectivity index is 0.00000523. The van der Waals surface area contributed by atoms with Gasteiger partial charge in [-0.2, -0.15) is 0 Å². The number of fused-ring (bicyclic) bond motifs is 1. The first-order valence-corrected chi connectivity index (χ1v) is 19.0. The first kappa shape index (κ1) is 39.2. The van der Waals surface area contributed by atoms with Crippen LogP contribution in [0.4, 0.5) is 0 Å². The molecule has 6 nitrogen and oxygen atoms in total. The minimum Gasteiger partial charge on any atom is -0.497 e. The van der Waals surface area contributed by atoms with Crippen molar-refractivity contribution in [3.8, 4) is 17.2 Å². The Hall–Kier alpha value is -4.00. The number of hydrogen-bond acceptors (Lipinski definition) is 5. The SMILES string of the molecule is COc1ccc(CCC(=O)NCCCC(CCCN2CCCCC23CCc2cc(OC)c(OC)cc2C3)(c2ccccc2)c2ccccc2)cc1.Cl. The summed E-state index contributed by atoms with van der Waals surface area (Å²) in [5, 5.41) is 3.23. The van der Waals surface area contributed by atoms with E-state index in [9.17, 15) is 4.79 Å². The zero-order valence-electron chi connectivity index (χ0n) is 31.3. The normalized spacial score (nSPS) is 17.1. The van der Waals surface area contributed by atoms with Crippen LogP contribution in [0.25, 0.3) is 0 Å². The molecule has 1 aliphatic carbocycles. The highest BCUT2D eigenvalue weighted by molar-refractivity contribution is 5.85. The molecular formula is C45H57ClN2O4. The van der Waals surface area contributed by atoms with Crippen LogP contribution < -0.4 is 19.5 Å². The maximum Gasteiger partial charge on any atom is 0.220 e. The first-order valence-electron chi connectivity index (χ1n) is 19.0. The van der Waals surface area contributed by atoms with Crippen molar-refractivity contribution in [2.45, 2.75) is 88.0 Å². The lowest BCUT2D eigenvalue weighted by Gasteiger charge is -2.50. The molecule has 1 unspecified atom stereocenters. The molecule has 0 saturated carbocycles. The number of rotatable bonds is 16. The number of benzene rings is 4.